The van der Waals surface area contributed by atoms with Crippen LogP contribution in [0, 0.1) is 0 Å². The molecule has 0 aliphatic carbocycles. The predicted octanol–water partition coefficient (Wildman–Crippen LogP) is 3.63. The number of carbonyl (C=O) groups excluding carboxylic acids is 3. The number of Topliss-reactive ketones (excluding diaryl/α,β-unsaturated/α-hetero) is 1. The Morgan fingerprint density at radius 2 is 1.52 bits per heavy atom. The van der Waals surface area contributed by atoms with Crippen LogP contribution in [-0.4, -0.2) is 33.5 Å². The number of ketones is 1. The topological polar surface area (TPSA) is 114 Å². The van der Waals surface area contributed by atoms with Crippen molar-refractivity contribution in [2.45, 2.75) is 19.1 Å². The van der Waals surface area contributed by atoms with Gasteiger partial charge in [0.05, 0.1) is 5.75 Å². The highest BCUT2D eigenvalue weighted by Gasteiger charge is 2.12. The Balaban J connectivity index is 1.54. The van der Waals surface area contributed by atoms with E-state index in [0.717, 1.165) is 11.8 Å². The first-order chi connectivity index (χ1) is 13.9. The second kappa shape index (κ2) is 9.16. The van der Waals surface area contributed by atoms with Gasteiger partial charge in [-0.1, -0.05) is 11.8 Å². The molecule has 2 aromatic carbocycles. The van der Waals surface area contributed by atoms with Crippen molar-refractivity contribution in [2.75, 3.05) is 16.4 Å². The summed E-state index contributed by atoms with van der Waals surface area (Å²) in [6, 6.07) is 13.6. The molecule has 0 saturated carbocycles. The van der Waals surface area contributed by atoms with Crippen LogP contribution in [0.15, 0.2) is 58.2 Å². The summed E-state index contributed by atoms with van der Waals surface area (Å²) in [6.45, 7) is 2.92. The lowest BCUT2D eigenvalue weighted by Crippen LogP contribution is -2.14. The van der Waals surface area contributed by atoms with E-state index in [-0.39, 0.29) is 28.6 Å². The van der Waals surface area contributed by atoms with Gasteiger partial charge in [0.15, 0.2) is 5.78 Å². The summed E-state index contributed by atoms with van der Waals surface area (Å²) in [5, 5.41) is 13.6. The first-order valence-corrected chi connectivity index (χ1v) is 9.64. The standard InChI is InChI=1S/C20H18N4O4S/c1-12(25)14-3-7-17(8-4-14)22-18(27)11-29-20-24-23-19(28-20)15-5-9-16(10-6-15)21-13(2)26/h3-10H,11H2,1-2H3,(H,21,26)(H,22,27). The van der Waals surface area contributed by atoms with Crippen LogP contribution in [0.2, 0.25) is 0 Å². The van der Waals surface area contributed by atoms with E-state index >= 15 is 0 Å². The molecule has 0 atom stereocenters. The van der Waals surface area contributed by atoms with E-state index in [4.69, 9.17) is 4.42 Å². The minimum atomic E-state index is -0.231. The molecule has 1 aromatic heterocycles. The molecule has 2 N–H and O–H groups in total. The third kappa shape index (κ3) is 5.76. The van der Waals surface area contributed by atoms with E-state index in [2.05, 4.69) is 20.8 Å². The Labute approximate surface area is 171 Å². The quantitative estimate of drug-likeness (QED) is 0.451. The monoisotopic (exact) mass is 410 g/mol. The Morgan fingerprint density at radius 1 is 0.897 bits per heavy atom. The van der Waals surface area contributed by atoms with Crippen molar-refractivity contribution in [3.05, 3.63) is 54.1 Å². The number of anilines is 2. The molecule has 148 valence electrons. The molecule has 0 radical (unpaired) electrons. The fourth-order valence-corrected chi connectivity index (χ4v) is 2.96. The molecule has 29 heavy (non-hydrogen) atoms. The van der Waals surface area contributed by atoms with Gasteiger partial charge in [-0.15, -0.1) is 10.2 Å². The van der Waals surface area contributed by atoms with Crippen molar-refractivity contribution in [1.82, 2.24) is 10.2 Å². The molecule has 2 amide bonds. The molecule has 0 spiro atoms. The third-order valence-corrected chi connectivity index (χ3v) is 4.58. The molecule has 9 heteroatoms. The van der Waals surface area contributed by atoms with E-state index in [1.165, 1.54) is 13.8 Å². The Morgan fingerprint density at radius 3 is 2.14 bits per heavy atom. The predicted molar refractivity (Wildman–Crippen MR) is 110 cm³/mol. The van der Waals surface area contributed by atoms with Gasteiger partial charge < -0.3 is 15.1 Å². The minimum Gasteiger partial charge on any atom is -0.411 e. The second-order valence-corrected chi connectivity index (χ2v) is 7.03. The molecule has 3 aromatic rings. The highest BCUT2D eigenvalue weighted by atomic mass is 32.2. The van der Waals surface area contributed by atoms with Crippen LogP contribution in [-0.2, 0) is 9.59 Å². The summed E-state index contributed by atoms with van der Waals surface area (Å²) >= 11 is 1.12. The van der Waals surface area contributed by atoms with Crippen LogP contribution < -0.4 is 10.6 Å². The number of thioether (sulfide) groups is 1. The number of amides is 2. The highest BCUT2D eigenvalue weighted by Crippen LogP contribution is 2.24. The van der Waals surface area contributed by atoms with Crippen LogP contribution in [0.3, 0.4) is 0 Å². The van der Waals surface area contributed by atoms with E-state index < -0.39 is 0 Å². The zero-order valence-electron chi connectivity index (χ0n) is 15.8. The maximum Gasteiger partial charge on any atom is 0.277 e. The van der Waals surface area contributed by atoms with Gasteiger partial charge in [-0.05, 0) is 55.5 Å². The largest absolute Gasteiger partial charge is 0.411 e. The fourth-order valence-electron chi connectivity index (χ4n) is 2.40. The van der Waals surface area contributed by atoms with Crippen molar-refractivity contribution < 1.29 is 18.8 Å². The molecule has 0 fully saturated rings. The van der Waals surface area contributed by atoms with Crippen molar-refractivity contribution in [3.8, 4) is 11.5 Å². The van der Waals surface area contributed by atoms with E-state index in [1.54, 1.807) is 48.5 Å². The number of hydrogen-bond donors (Lipinski definition) is 2. The summed E-state index contributed by atoms with van der Waals surface area (Å²) < 4.78 is 5.57. The summed E-state index contributed by atoms with van der Waals surface area (Å²) in [5.74, 6) is 0.00200. The van der Waals surface area contributed by atoms with Gasteiger partial charge in [0.25, 0.3) is 5.22 Å². The summed E-state index contributed by atoms with van der Waals surface area (Å²) in [6.07, 6.45) is 0. The number of rotatable bonds is 7. The fraction of sp³-hybridized carbons (Fsp3) is 0.150. The maximum absolute atomic E-state index is 12.1. The van der Waals surface area contributed by atoms with Crippen molar-refractivity contribution in [1.29, 1.82) is 0 Å². The third-order valence-electron chi connectivity index (χ3n) is 3.76. The Hall–Kier alpha value is -3.46. The molecule has 0 aliphatic heterocycles. The average molecular weight is 410 g/mol. The van der Waals surface area contributed by atoms with Gasteiger partial charge in [-0.3, -0.25) is 14.4 Å². The molecule has 0 aliphatic rings. The van der Waals surface area contributed by atoms with E-state index in [9.17, 15) is 14.4 Å². The second-order valence-electron chi connectivity index (χ2n) is 6.10. The first-order valence-electron chi connectivity index (χ1n) is 8.66. The van der Waals surface area contributed by atoms with Crippen molar-refractivity contribution in [3.63, 3.8) is 0 Å². The SMILES string of the molecule is CC(=O)Nc1ccc(-c2nnc(SCC(=O)Nc3ccc(C(C)=O)cc3)o2)cc1. The van der Waals surface area contributed by atoms with Crippen molar-refractivity contribution >= 4 is 40.7 Å². The van der Waals surface area contributed by atoms with Gasteiger partial charge in [0.1, 0.15) is 0 Å². The number of aromatic nitrogens is 2. The van der Waals surface area contributed by atoms with Gasteiger partial charge in [-0.2, -0.15) is 0 Å². The normalized spacial score (nSPS) is 10.4. The molecule has 0 saturated heterocycles. The lowest BCUT2D eigenvalue weighted by molar-refractivity contribution is -0.114. The van der Waals surface area contributed by atoms with E-state index in [0.29, 0.717) is 28.4 Å². The number of carbonyl (C=O) groups is 3. The molecular weight excluding hydrogens is 392 g/mol. The Kier molecular flexibility index (Phi) is 6.40. The van der Waals surface area contributed by atoms with Gasteiger partial charge in [-0.25, -0.2) is 0 Å². The molecule has 8 nitrogen and oxygen atoms in total. The van der Waals surface area contributed by atoms with Crippen LogP contribution in [0.1, 0.15) is 24.2 Å². The van der Waals surface area contributed by atoms with Gasteiger partial charge in [0.2, 0.25) is 17.7 Å². The summed E-state index contributed by atoms with van der Waals surface area (Å²) in [4.78, 5) is 34.4. The zero-order chi connectivity index (χ0) is 20.8. The number of benzene rings is 2. The molecular formula is C20H18N4O4S. The van der Waals surface area contributed by atoms with Crippen LogP contribution in [0.4, 0.5) is 11.4 Å². The minimum absolute atomic E-state index is 0.0321. The summed E-state index contributed by atoms with van der Waals surface area (Å²) in [7, 11) is 0. The lowest BCUT2D eigenvalue weighted by Gasteiger charge is -2.04. The van der Waals surface area contributed by atoms with Gasteiger partial charge >= 0.3 is 0 Å². The van der Waals surface area contributed by atoms with Crippen LogP contribution >= 0.6 is 11.8 Å². The number of nitrogens with zero attached hydrogens (tertiary/aromatic N) is 2. The van der Waals surface area contributed by atoms with Crippen LogP contribution in [0.5, 0.6) is 0 Å². The summed E-state index contributed by atoms with van der Waals surface area (Å²) in [5.41, 5.74) is 2.56. The molecule has 0 unspecified atom stereocenters. The van der Waals surface area contributed by atoms with Gasteiger partial charge in [0, 0.05) is 29.4 Å². The Bertz CT molecular complexity index is 1030. The van der Waals surface area contributed by atoms with Crippen LogP contribution in [0.25, 0.3) is 11.5 Å². The zero-order valence-corrected chi connectivity index (χ0v) is 16.6. The van der Waals surface area contributed by atoms with Crippen molar-refractivity contribution in [2.24, 2.45) is 0 Å². The molecule has 3 rings (SSSR count). The van der Waals surface area contributed by atoms with E-state index in [1.807, 2.05) is 0 Å². The molecule has 0 bridgehead atoms. The smallest absolute Gasteiger partial charge is 0.277 e. The lowest BCUT2D eigenvalue weighted by atomic mass is 10.1. The highest BCUT2D eigenvalue weighted by molar-refractivity contribution is 7.99. The number of hydrogen-bond acceptors (Lipinski definition) is 7. The average Bonchev–Trinajstić information content (AvgIpc) is 3.16. The molecule has 1 heterocycles. The first kappa shape index (κ1) is 20.3. The maximum atomic E-state index is 12.1. The number of nitrogens with one attached hydrogen (secondary N) is 2.